The van der Waals surface area contributed by atoms with Crippen molar-refractivity contribution in [2.45, 2.75) is 18.2 Å². The minimum absolute atomic E-state index is 0. The van der Waals surface area contributed by atoms with Crippen molar-refractivity contribution < 1.29 is 0 Å². The maximum absolute atomic E-state index is 4.70. The SMILES string of the molecule is Cc1c2c(nc3ccccc13)CCS2.Cl. The van der Waals surface area contributed by atoms with Crippen LogP contribution >= 0.6 is 24.2 Å². The number of hydrogen-bond acceptors (Lipinski definition) is 2. The number of pyridine rings is 1. The molecule has 0 bridgehead atoms. The molecule has 0 saturated heterocycles. The van der Waals surface area contributed by atoms with Gasteiger partial charge >= 0.3 is 0 Å². The number of aromatic nitrogens is 1. The van der Waals surface area contributed by atoms with Gasteiger partial charge in [0.25, 0.3) is 0 Å². The van der Waals surface area contributed by atoms with Crippen molar-refractivity contribution in [3.8, 4) is 0 Å². The normalized spacial score (nSPS) is 13.7. The van der Waals surface area contributed by atoms with Gasteiger partial charge in [-0.2, -0.15) is 0 Å². The molecule has 78 valence electrons. The van der Waals surface area contributed by atoms with Crippen molar-refractivity contribution in [2.24, 2.45) is 0 Å². The number of halogens is 1. The van der Waals surface area contributed by atoms with E-state index in [1.807, 2.05) is 11.8 Å². The summed E-state index contributed by atoms with van der Waals surface area (Å²) in [7, 11) is 0. The number of para-hydroxylation sites is 1. The van der Waals surface area contributed by atoms with E-state index in [-0.39, 0.29) is 12.4 Å². The second-order valence-electron chi connectivity index (χ2n) is 3.63. The van der Waals surface area contributed by atoms with Gasteiger partial charge in [0, 0.05) is 22.5 Å². The maximum atomic E-state index is 4.70. The van der Waals surface area contributed by atoms with Crippen molar-refractivity contribution >= 4 is 35.1 Å². The smallest absolute Gasteiger partial charge is 0.0708 e. The maximum Gasteiger partial charge on any atom is 0.0708 e. The van der Waals surface area contributed by atoms with Gasteiger partial charge in [-0.25, -0.2) is 0 Å². The van der Waals surface area contributed by atoms with Crippen LogP contribution in [0.4, 0.5) is 0 Å². The number of hydrogen-bond donors (Lipinski definition) is 0. The molecule has 2 heterocycles. The first-order chi connectivity index (χ1) is 6.86. The standard InChI is InChI=1S/C12H11NS.ClH/c1-8-9-4-2-3-5-10(9)13-11-6-7-14-12(8)11;/h2-5H,6-7H2,1H3;1H. The molecule has 1 aliphatic rings. The second-order valence-corrected chi connectivity index (χ2v) is 4.73. The summed E-state index contributed by atoms with van der Waals surface area (Å²) in [5.74, 6) is 1.19. The molecule has 0 saturated carbocycles. The first-order valence-electron chi connectivity index (χ1n) is 4.87. The van der Waals surface area contributed by atoms with Crippen molar-refractivity contribution in [2.75, 3.05) is 5.75 Å². The van der Waals surface area contributed by atoms with Crippen LogP contribution in [0.25, 0.3) is 10.9 Å². The summed E-state index contributed by atoms with van der Waals surface area (Å²) in [6.45, 7) is 2.21. The Morgan fingerprint density at radius 1 is 1.27 bits per heavy atom. The zero-order valence-corrected chi connectivity index (χ0v) is 10.1. The lowest BCUT2D eigenvalue weighted by atomic mass is 10.1. The molecule has 0 unspecified atom stereocenters. The van der Waals surface area contributed by atoms with E-state index in [0.29, 0.717) is 0 Å². The lowest BCUT2D eigenvalue weighted by Gasteiger charge is -2.06. The van der Waals surface area contributed by atoms with E-state index in [2.05, 4.69) is 31.2 Å². The molecule has 1 nitrogen and oxygen atoms in total. The molecule has 15 heavy (non-hydrogen) atoms. The van der Waals surface area contributed by atoms with E-state index in [0.717, 1.165) is 11.9 Å². The number of rotatable bonds is 0. The minimum atomic E-state index is 0. The lowest BCUT2D eigenvalue weighted by Crippen LogP contribution is -1.91. The van der Waals surface area contributed by atoms with Crippen LogP contribution < -0.4 is 0 Å². The van der Waals surface area contributed by atoms with Crippen molar-refractivity contribution in [3.05, 3.63) is 35.5 Å². The number of aryl methyl sites for hydroxylation is 2. The first-order valence-corrected chi connectivity index (χ1v) is 5.86. The van der Waals surface area contributed by atoms with Crippen molar-refractivity contribution in [3.63, 3.8) is 0 Å². The lowest BCUT2D eigenvalue weighted by molar-refractivity contribution is 1.04. The Morgan fingerprint density at radius 3 is 2.93 bits per heavy atom. The van der Waals surface area contributed by atoms with E-state index in [9.17, 15) is 0 Å². The van der Waals surface area contributed by atoms with E-state index in [1.54, 1.807) is 0 Å². The quantitative estimate of drug-likeness (QED) is 0.694. The van der Waals surface area contributed by atoms with Gasteiger partial charge in [-0.15, -0.1) is 24.2 Å². The summed E-state index contributed by atoms with van der Waals surface area (Å²) in [6.07, 6.45) is 1.13. The summed E-state index contributed by atoms with van der Waals surface area (Å²) in [6, 6.07) is 8.41. The van der Waals surface area contributed by atoms with E-state index in [4.69, 9.17) is 4.98 Å². The van der Waals surface area contributed by atoms with Crippen LogP contribution in [0.3, 0.4) is 0 Å². The molecule has 1 aromatic carbocycles. The van der Waals surface area contributed by atoms with Crippen molar-refractivity contribution in [1.29, 1.82) is 0 Å². The number of benzene rings is 1. The molecule has 0 radical (unpaired) electrons. The zero-order valence-electron chi connectivity index (χ0n) is 8.49. The van der Waals surface area contributed by atoms with Crippen LogP contribution in [0.15, 0.2) is 29.2 Å². The Morgan fingerprint density at radius 2 is 2.07 bits per heavy atom. The van der Waals surface area contributed by atoms with Crippen molar-refractivity contribution in [1.82, 2.24) is 4.98 Å². The van der Waals surface area contributed by atoms with Crippen LogP contribution in [0.5, 0.6) is 0 Å². The van der Waals surface area contributed by atoms with Gasteiger partial charge in [0.05, 0.1) is 11.2 Å². The molecule has 3 heteroatoms. The Balaban J connectivity index is 0.000000853. The number of thioether (sulfide) groups is 1. The molecule has 2 aromatic rings. The summed E-state index contributed by atoms with van der Waals surface area (Å²) in [5.41, 5.74) is 3.85. The number of nitrogens with zero attached hydrogens (tertiary/aromatic N) is 1. The summed E-state index contributed by atoms with van der Waals surface area (Å²) in [4.78, 5) is 6.12. The summed E-state index contributed by atoms with van der Waals surface area (Å²) >= 11 is 1.95. The van der Waals surface area contributed by atoms with Crippen LogP contribution in [-0.2, 0) is 6.42 Å². The average molecular weight is 238 g/mol. The van der Waals surface area contributed by atoms with Gasteiger partial charge in [0.2, 0.25) is 0 Å². The zero-order chi connectivity index (χ0) is 9.54. The fraction of sp³-hybridized carbons (Fsp3) is 0.250. The topological polar surface area (TPSA) is 12.9 Å². The molecule has 3 rings (SSSR count). The Labute approximate surface area is 99.7 Å². The molecule has 1 aromatic heterocycles. The predicted molar refractivity (Wildman–Crippen MR) is 68.2 cm³/mol. The Hall–Kier alpha value is -0.730. The molecule has 0 atom stereocenters. The second kappa shape index (κ2) is 4.03. The van der Waals surface area contributed by atoms with Gasteiger partial charge in [-0.05, 0) is 18.6 Å². The molecular weight excluding hydrogens is 226 g/mol. The third-order valence-corrected chi connectivity index (χ3v) is 3.99. The predicted octanol–water partition coefficient (Wildman–Crippen LogP) is 3.61. The molecule has 0 amide bonds. The largest absolute Gasteiger partial charge is 0.252 e. The minimum Gasteiger partial charge on any atom is -0.252 e. The van der Waals surface area contributed by atoms with Gasteiger partial charge in [0.1, 0.15) is 0 Å². The highest BCUT2D eigenvalue weighted by Gasteiger charge is 2.17. The van der Waals surface area contributed by atoms with Crippen LogP contribution in [0.1, 0.15) is 11.3 Å². The van der Waals surface area contributed by atoms with Gasteiger partial charge in [-0.1, -0.05) is 18.2 Å². The molecule has 1 aliphatic heterocycles. The van der Waals surface area contributed by atoms with Crippen LogP contribution in [-0.4, -0.2) is 10.7 Å². The molecule has 0 N–H and O–H groups in total. The summed E-state index contributed by atoms with van der Waals surface area (Å²) < 4.78 is 0. The van der Waals surface area contributed by atoms with Crippen LogP contribution in [0, 0.1) is 6.92 Å². The first kappa shape index (κ1) is 10.8. The average Bonchev–Trinajstić information content (AvgIpc) is 2.66. The molecular formula is C12H12ClNS. The highest BCUT2D eigenvalue weighted by Crippen LogP contribution is 2.36. The number of fused-ring (bicyclic) bond motifs is 2. The third kappa shape index (κ3) is 1.62. The molecule has 0 fully saturated rings. The highest BCUT2D eigenvalue weighted by molar-refractivity contribution is 7.99. The van der Waals surface area contributed by atoms with E-state index < -0.39 is 0 Å². The highest BCUT2D eigenvalue weighted by atomic mass is 35.5. The fourth-order valence-corrected chi connectivity index (χ4v) is 3.17. The molecule has 0 aliphatic carbocycles. The van der Waals surface area contributed by atoms with Gasteiger partial charge in [-0.3, -0.25) is 4.98 Å². The third-order valence-electron chi connectivity index (χ3n) is 2.75. The summed E-state index contributed by atoms with van der Waals surface area (Å²) in [5, 5.41) is 1.31. The van der Waals surface area contributed by atoms with E-state index in [1.165, 1.54) is 27.3 Å². The monoisotopic (exact) mass is 237 g/mol. The van der Waals surface area contributed by atoms with Gasteiger partial charge in [0.15, 0.2) is 0 Å². The fourth-order valence-electron chi connectivity index (χ4n) is 2.03. The van der Waals surface area contributed by atoms with E-state index >= 15 is 0 Å². The Kier molecular flexibility index (Phi) is 2.89. The Bertz CT molecular complexity index is 510. The van der Waals surface area contributed by atoms with Gasteiger partial charge < -0.3 is 0 Å². The van der Waals surface area contributed by atoms with Crippen LogP contribution in [0.2, 0.25) is 0 Å². The molecule has 0 spiro atoms.